The number of piperidine rings is 1. The molecule has 1 rings (SSSR count). The summed E-state index contributed by atoms with van der Waals surface area (Å²) in [5, 5.41) is 3.42. The summed E-state index contributed by atoms with van der Waals surface area (Å²) in [6.07, 6.45) is 1.14. The maximum Gasteiger partial charge on any atom is 0.236 e. The van der Waals surface area contributed by atoms with Crippen LogP contribution in [0.1, 0.15) is 27.2 Å². The van der Waals surface area contributed by atoms with Gasteiger partial charge in [0.1, 0.15) is 0 Å². The Bertz CT molecular complexity index is 241. The summed E-state index contributed by atoms with van der Waals surface area (Å²) in [5.41, 5.74) is 0. The molecule has 1 heterocycles. The molecule has 1 saturated heterocycles. The Balaban J connectivity index is 2.32. The van der Waals surface area contributed by atoms with Crippen LogP contribution in [0.25, 0.3) is 0 Å². The molecule has 2 atom stereocenters. The third-order valence-electron chi connectivity index (χ3n) is 3.74. The lowest BCUT2D eigenvalue weighted by Gasteiger charge is -2.35. The highest BCUT2D eigenvalue weighted by Crippen LogP contribution is 2.14. The summed E-state index contributed by atoms with van der Waals surface area (Å²) in [6.45, 7) is 10.7. The molecule has 0 aromatic rings. The van der Waals surface area contributed by atoms with Gasteiger partial charge in [-0.05, 0) is 39.8 Å². The van der Waals surface area contributed by atoms with Gasteiger partial charge in [0.15, 0.2) is 0 Å². The molecule has 1 amide bonds. The van der Waals surface area contributed by atoms with Crippen LogP contribution in [0, 0.1) is 5.92 Å². The van der Waals surface area contributed by atoms with Crippen molar-refractivity contribution in [1.29, 1.82) is 0 Å². The van der Waals surface area contributed by atoms with Crippen LogP contribution < -0.4 is 5.32 Å². The van der Waals surface area contributed by atoms with Gasteiger partial charge in [-0.1, -0.05) is 6.92 Å². The third-order valence-corrected chi connectivity index (χ3v) is 3.74. The lowest BCUT2D eigenvalue weighted by atomic mass is 9.94. The molecule has 4 nitrogen and oxygen atoms in total. The van der Waals surface area contributed by atoms with Crippen molar-refractivity contribution in [2.75, 3.05) is 39.8 Å². The number of carbonyl (C=O) groups excluding carboxylic acids is 1. The van der Waals surface area contributed by atoms with Gasteiger partial charge in [0.25, 0.3) is 0 Å². The number of hydrogen-bond acceptors (Lipinski definition) is 3. The average molecular weight is 241 g/mol. The van der Waals surface area contributed by atoms with Crippen molar-refractivity contribution >= 4 is 5.91 Å². The number of likely N-dealkylation sites (N-methyl/N-ethyl adjacent to an activating group) is 1. The number of likely N-dealkylation sites (tertiary alicyclic amines) is 1. The standard InChI is InChI=1S/C13H27N3O/c1-5-16(6-2)13(17)9-14-12-7-8-15(4)10-11(12)3/h11-12,14H,5-10H2,1-4H3. The molecular weight excluding hydrogens is 214 g/mol. The van der Waals surface area contributed by atoms with E-state index in [0.29, 0.717) is 18.5 Å². The van der Waals surface area contributed by atoms with E-state index in [0.717, 1.165) is 32.6 Å². The summed E-state index contributed by atoms with van der Waals surface area (Å²) >= 11 is 0. The Morgan fingerprint density at radius 3 is 2.59 bits per heavy atom. The second kappa shape index (κ2) is 6.97. The van der Waals surface area contributed by atoms with Gasteiger partial charge in [-0.3, -0.25) is 4.79 Å². The van der Waals surface area contributed by atoms with Crippen LogP contribution in [0.3, 0.4) is 0 Å². The van der Waals surface area contributed by atoms with Crippen molar-refractivity contribution in [1.82, 2.24) is 15.1 Å². The van der Waals surface area contributed by atoms with E-state index in [1.54, 1.807) is 0 Å². The van der Waals surface area contributed by atoms with Crippen molar-refractivity contribution in [3.8, 4) is 0 Å². The van der Waals surface area contributed by atoms with Gasteiger partial charge in [-0.25, -0.2) is 0 Å². The lowest BCUT2D eigenvalue weighted by Crippen LogP contribution is -2.50. The van der Waals surface area contributed by atoms with E-state index < -0.39 is 0 Å². The zero-order valence-electron chi connectivity index (χ0n) is 11.7. The fourth-order valence-corrected chi connectivity index (χ4v) is 2.56. The van der Waals surface area contributed by atoms with Crippen LogP contribution in [-0.4, -0.2) is 61.5 Å². The Hall–Kier alpha value is -0.610. The lowest BCUT2D eigenvalue weighted by molar-refractivity contribution is -0.130. The summed E-state index contributed by atoms with van der Waals surface area (Å²) in [5.74, 6) is 0.847. The van der Waals surface area contributed by atoms with Crippen molar-refractivity contribution in [2.24, 2.45) is 5.92 Å². The fourth-order valence-electron chi connectivity index (χ4n) is 2.56. The molecule has 0 saturated carbocycles. The highest BCUT2D eigenvalue weighted by molar-refractivity contribution is 5.78. The Kier molecular flexibility index (Phi) is 5.92. The molecule has 0 spiro atoms. The molecule has 0 bridgehead atoms. The van der Waals surface area contributed by atoms with Crippen molar-refractivity contribution in [3.63, 3.8) is 0 Å². The molecule has 0 radical (unpaired) electrons. The average Bonchev–Trinajstić information content (AvgIpc) is 2.29. The zero-order valence-corrected chi connectivity index (χ0v) is 11.7. The molecule has 0 aromatic carbocycles. The van der Waals surface area contributed by atoms with E-state index in [2.05, 4.69) is 24.2 Å². The molecule has 2 unspecified atom stereocenters. The molecule has 1 aliphatic rings. The maximum atomic E-state index is 11.9. The van der Waals surface area contributed by atoms with Crippen molar-refractivity contribution in [2.45, 2.75) is 33.2 Å². The number of carbonyl (C=O) groups is 1. The molecule has 1 fully saturated rings. The van der Waals surface area contributed by atoms with Crippen LogP contribution in [0.15, 0.2) is 0 Å². The van der Waals surface area contributed by atoms with E-state index in [1.165, 1.54) is 0 Å². The van der Waals surface area contributed by atoms with Crippen LogP contribution in [-0.2, 0) is 4.79 Å². The molecule has 4 heteroatoms. The minimum atomic E-state index is 0.223. The van der Waals surface area contributed by atoms with Gasteiger partial charge in [0.2, 0.25) is 5.91 Å². The Morgan fingerprint density at radius 2 is 2.06 bits per heavy atom. The quantitative estimate of drug-likeness (QED) is 0.773. The minimum Gasteiger partial charge on any atom is -0.342 e. The minimum absolute atomic E-state index is 0.223. The van der Waals surface area contributed by atoms with Gasteiger partial charge in [0, 0.05) is 25.7 Å². The largest absolute Gasteiger partial charge is 0.342 e. The second-order valence-corrected chi connectivity index (χ2v) is 5.08. The van der Waals surface area contributed by atoms with Gasteiger partial charge in [-0.2, -0.15) is 0 Å². The van der Waals surface area contributed by atoms with E-state index in [1.807, 2.05) is 18.7 Å². The number of nitrogens with zero attached hydrogens (tertiary/aromatic N) is 2. The predicted octanol–water partition coefficient (Wildman–Crippen LogP) is 0.785. The van der Waals surface area contributed by atoms with E-state index in [9.17, 15) is 4.79 Å². The maximum absolute atomic E-state index is 11.9. The first kappa shape index (κ1) is 14.5. The van der Waals surface area contributed by atoms with Crippen LogP contribution in [0.5, 0.6) is 0 Å². The Morgan fingerprint density at radius 1 is 1.41 bits per heavy atom. The van der Waals surface area contributed by atoms with Gasteiger partial charge < -0.3 is 15.1 Å². The van der Waals surface area contributed by atoms with Crippen molar-refractivity contribution in [3.05, 3.63) is 0 Å². The van der Waals surface area contributed by atoms with Crippen LogP contribution in [0.4, 0.5) is 0 Å². The van der Waals surface area contributed by atoms with Crippen LogP contribution >= 0.6 is 0 Å². The third kappa shape index (κ3) is 4.28. The molecule has 0 aliphatic carbocycles. The monoisotopic (exact) mass is 241 g/mol. The highest BCUT2D eigenvalue weighted by atomic mass is 16.2. The molecule has 100 valence electrons. The normalized spacial score (nSPS) is 25.9. The smallest absolute Gasteiger partial charge is 0.236 e. The SMILES string of the molecule is CCN(CC)C(=O)CNC1CCN(C)CC1C. The first-order valence-electron chi connectivity index (χ1n) is 6.78. The zero-order chi connectivity index (χ0) is 12.8. The summed E-state index contributed by atoms with van der Waals surface area (Å²) in [7, 11) is 2.16. The summed E-state index contributed by atoms with van der Waals surface area (Å²) in [6, 6.07) is 0.491. The molecular formula is C13H27N3O. The fraction of sp³-hybridized carbons (Fsp3) is 0.923. The number of amides is 1. The first-order chi connectivity index (χ1) is 8.08. The number of hydrogen-bond donors (Lipinski definition) is 1. The van der Waals surface area contributed by atoms with Gasteiger partial charge >= 0.3 is 0 Å². The predicted molar refractivity (Wildman–Crippen MR) is 71.0 cm³/mol. The topological polar surface area (TPSA) is 35.6 Å². The first-order valence-corrected chi connectivity index (χ1v) is 6.78. The van der Waals surface area contributed by atoms with E-state index >= 15 is 0 Å². The van der Waals surface area contributed by atoms with E-state index in [4.69, 9.17) is 0 Å². The van der Waals surface area contributed by atoms with Gasteiger partial charge in [0.05, 0.1) is 6.54 Å². The molecule has 1 N–H and O–H groups in total. The van der Waals surface area contributed by atoms with E-state index in [-0.39, 0.29) is 5.91 Å². The number of rotatable bonds is 5. The summed E-state index contributed by atoms with van der Waals surface area (Å²) < 4.78 is 0. The molecule has 1 aliphatic heterocycles. The summed E-state index contributed by atoms with van der Waals surface area (Å²) in [4.78, 5) is 16.1. The molecule has 17 heavy (non-hydrogen) atoms. The van der Waals surface area contributed by atoms with Crippen molar-refractivity contribution < 1.29 is 4.79 Å². The molecule has 0 aromatic heterocycles. The second-order valence-electron chi connectivity index (χ2n) is 5.08. The van der Waals surface area contributed by atoms with Gasteiger partial charge in [-0.15, -0.1) is 0 Å². The number of nitrogens with one attached hydrogen (secondary N) is 1. The van der Waals surface area contributed by atoms with Crippen LogP contribution in [0.2, 0.25) is 0 Å². The highest BCUT2D eigenvalue weighted by Gasteiger charge is 2.24. The Labute approximate surface area is 105 Å².